The molecule has 1 N–H and O–H groups in total. The van der Waals surface area contributed by atoms with E-state index in [4.69, 9.17) is 10.3 Å². The molecule has 0 aliphatic carbocycles. The van der Waals surface area contributed by atoms with Gasteiger partial charge in [-0.2, -0.15) is 5.53 Å². The molecule has 15 heavy (non-hydrogen) atoms. The monoisotopic (exact) mass is 208 g/mol. The summed E-state index contributed by atoms with van der Waals surface area (Å²) in [6.45, 7) is 0.584. The number of methoxy groups -OCH3 is 1. The van der Waals surface area contributed by atoms with Crippen molar-refractivity contribution in [3.8, 4) is 5.75 Å². The Morgan fingerprint density at radius 3 is 2.27 bits per heavy atom. The minimum Gasteiger partial charge on any atom is -0.497 e. The second-order valence-corrected chi connectivity index (χ2v) is 3.33. The molecule has 0 heterocycles. The van der Waals surface area contributed by atoms with Crippen LogP contribution in [0.5, 0.6) is 5.75 Å². The van der Waals surface area contributed by atoms with Crippen LogP contribution in [0.1, 0.15) is 5.56 Å². The molecule has 82 valence electrons. The lowest BCUT2D eigenvalue weighted by Crippen LogP contribution is -2.31. The quantitative estimate of drug-likeness (QED) is 0.594. The first-order chi connectivity index (χ1) is 7.17. The fourth-order valence-corrected chi connectivity index (χ4v) is 1.16. The van der Waals surface area contributed by atoms with Crippen LogP contribution in [-0.4, -0.2) is 31.3 Å². The predicted molar refractivity (Wildman–Crippen MR) is 57.4 cm³/mol. The topological polar surface area (TPSA) is 51.9 Å². The average molecular weight is 208 g/mol. The standard InChI is InChI=1S/C10H16N4O/c1-13(2)14(12-11)8-9-4-6-10(15-3)7-5-9/h4-7,11H,8H2,1-3H3. The van der Waals surface area contributed by atoms with E-state index in [0.29, 0.717) is 6.54 Å². The van der Waals surface area contributed by atoms with E-state index in [1.807, 2.05) is 38.4 Å². The lowest BCUT2D eigenvalue weighted by atomic mass is 10.2. The molecular weight excluding hydrogens is 192 g/mol. The summed E-state index contributed by atoms with van der Waals surface area (Å²) in [6, 6.07) is 7.71. The molecule has 1 aromatic carbocycles. The van der Waals surface area contributed by atoms with Crippen LogP contribution in [0.4, 0.5) is 0 Å². The number of nitrogens with zero attached hydrogens (tertiary/aromatic N) is 3. The van der Waals surface area contributed by atoms with E-state index in [1.165, 1.54) is 0 Å². The number of benzene rings is 1. The second kappa shape index (κ2) is 5.31. The van der Waals surface area contributed by atoms with Gasteiger partial charge in [-0.05, 0) is 17.7 Å². The summed E-state index contributed by atoms with van der Waals surface area (Å²) in [5.74, 6) is 0.831. The predicted octanol–water partition coefficient (Wildman–Crippen LogP) is 1.92. The van der Waals surface area contributed by atoms with Gasteiger partial charge >= 0.3 is 0 Å². The number of hydrogen-bond acceptors (Lipinski definition) is 4. The van der Waals surface area contributed by atoms with Gasteiger partial charge in [-0.1, -0.05) is 17.4 Å². The van der Waals surface area contributed by atoms with Gasteiger partial charge in [0.15, 0.2) is 0 Å². The molecule has 0 unspecified atom stereocenters. The fraction of sp³-hybridized carbons (Fsp3) is 0.400. The highest BCUT2D eigenvalue weighted by atomic mass is 16.5. The molecule has 0 radical (unpaired) electrons. The average Bonchev–Trinajstić information content (AvgIpc) is 2.26. The maximum Gasteiger partial charge on any atom is 0.118 e. The maximum absolute atomic E-state index is 7.00. The minimum atomic E-state index is 0.584. The molecule has 0 amide bonds. The summed E-state index contributed by atoms with van der Waals surface area (Å²) in [4.78, 5) is 0. The van der Waals surface area contributed by atoms with E-state index in [9.17, 15) is 0 Å². The van der Waals surface area contributed by atoms with Gasteiger partial charge < -0.3 is 4.74 Å². The molecule has 0 fully saturated rings. The van der Waals surface area contributed by atoms with Crippen molar-refractivity contribution >= 4 is 0 Å². The zero-order valence-electron chi connectivity index (χ0n) is 9.27. The van der Waals surface area contributed by atoms with E-state index in [2.05, 4.69) is 5.22 Å². The molecule has 0 aromatic heterocycles. The third kappa shape index (κ3) is 3.21. The summed E-state index contributed by atoms with van der Waals surface area (Å²) in [6.07, 6.45) is 0. The summed E-state index contributed by atoms with van der Waals surface area (Å²) >= 11 is 0. The highest BCUT2D eigenvalue weighted by molar-refractivity contribution is 5.26. The van der Waals surface area contributed by atoms with E-state index in [0.717, 1.165) is 11.3 Å². The van der Waals surface area contributed by atoms with Crippen LogP contribution in [0.2, 0.25) is 0 Å². The third-order valence-corrected chi connectivity index (χ3v) is 2.06. The van der Waals surface area contributed by atoms with Crippen LogP contribution in [0.3, 0.4) is 0 Å². The molecular formula is C10H16N4O. The van der Waals surface area contributed by atoms with Crippen molar-refractivity contribution in [3.05, 3.63) is 29.8 Å². The zero-order chi connectivity index (χ0) is 11.3. The largest absolute Gasteiger partial charge is 0.497 e. The highest BCUT2D eigenvalue weighted by Crippen LogP contribution is 2.13. The smallest absolute Gasteiger partial charge is 0.118 e. The normalized spacial score (nSPS) is 10.1. The first-order valence-corrected chi connectivity index (χ1v) is 4.62. The van der Waals surface area contributed by atoms with Gasteiger partial charge in [-0.25, -0.2) is 10.1 Å². The van der Waals surface area contributed by atoms with Crippen LogP contribution < -0.4 is 4.74 Å². The van der Waals surface area contributed by atoms with E-state index in [1.54, 1.807) is 17.2 Å². The Labute approximate surface area is 89.7 Å². The Morgan fingerprint density at radius 2 is 1.87 bits per heavy atom. The van der Waals surface area contributed by atoms with E-state index in [-0.39, 0.29) is 0 Å². The minimum absolute atomic E-state index is 0.584. The van der Waals surface area contributed by atoms with Crippen molar-refractivity contribution in [3.63, 3.8) is 0 Å². The number of nitrogens with one attached hydrogen (secondary N) is 1. The summed E-state index contributed by atoms with van der Waals surface area (Å²) in [5, 5.41) is 6.72. The SMILES string of the molecule is COc1ccc(CN(N=N)N(C)C)cc1. The van der Waals surface area contributed by atoms with Gasteiger partial charge in [0, 0.05) is 14.1 Å². The lowest BCUT2D eigenvalue weighted by molar-refractivity contribution is 0.00557. The Hall–Kier alpha value is -1.62. The van der Waals surface area contributed by atoms with E-state index >= 15 is 0 Å². The van der Waals surface area contributed by atoms with Crippen LogP contribution in [0.25, 0.3) is 0 Å². The van der Waals surface area contributed by atoms with Crippen LogP contribution in [-0.2, 0) is 6.54 Å². The van der Waals surface area contributed by atoms with Crippen LogP contribution >= 0.6 is 0 Å². The molecule has 0 atom stereocenters. The number of ether oxygens (including phenoxy) is 1. The molecule has 0 spiro atoms. The van der Waals surface area contributed by atoms with Gasteiger partial charge in [-0.3, -0.25) is 0 Å². The van der Waals surface area contributed by atoms with Gasteiger partial charge in [0.05, 0.1) is 13.7 Å². The number of hydrogen-bond donors (Lipinski definition) is 1. The molecule has 0 aliphatic heterocycles. The molecule has 5 nitrogen and oxygen atoms in total. The molecule has 0 bridgehead atoms. The molecule has 1 rings (SSSR count). The van der Waals surface area contributed by atoms with Gasteiger partial charge in [-0.15, -0.1) is 0 Å². The van der Waals surface area contributed by atoms with Gasteiger partial charge in [0.2, 0.25) is 0 Å². The fourth-order valence-electron chi connectivity index (χ4n) is 1.16. The van der Waals surface area contributed by atoms with Crippen LogP contribution in [0.15, 0.2) is 29.5 Å². The van der Waals surface area contributed by atoms with Crippen LogP contribution in [0, 0.1) is 5.53 Å². The number of rotatable bonds is 5. The third-order valence-electron chi connectivity index (χ3n) is 2.06. The highest BCUT2D eigenvalue weighted by Gasteiger charge is 2.04. The summed E-state index contributed by atoms with van der Waals surface area (Å²) in [7, 11) is 5.34. The van der Waals surface area contributed by atoms with Gasteiger partial charge in [0.25, 0.3) is 0 Å². The Balaban J connectivity index is 2.67. The summed E-state index contributed by atoms with van der Waals surface area (Å²) < 4.78 is 5.06. The molecule has 5 heteroatoms. The first-order valence-electron chi connectivity index (χ1n) is 4.62. The number of hydrazine groups is 1. The Morgan fingerprint density at radius 1 is 1.27 bits per heavy atom. The zero-order valence-corrected chi connectivity index (χ0v) is 9.27. The molecule has 0 aliphatic rings. The van der Waals surface area contributed by atoms with Crippen molar-refractivity contribution in [2.45, 2.75) is 6.54 Å². The second-order valence-electron chi connectivity index (χ2n) is 3.33. The van der Waals surface area contributed by atoms with E-state index < -0.39 is 0 Å². The van der Waals surface area contributed by atoms with Gasteiger partial charge in [0.1, 0.15) is 5.75 Å². The van der Waals surface area contributed by atoms with Crippen molar-refractivity contribution in [2.75, 3.05) is 21.2 Å². The lowest BCUT2D eigenvalue weighted by Gasteiger charge is -2.23. The molecule has 0 saturated heterocycles. The van der Waals surface area contributed by atoms with Crippen molar-refractivity contribution < 1.29 is 4.74 Å². The molecule has 0 saturated carbocycles. The van der Waals surface area contributed by atoms with Crippen molar-refractivity contribution in [1.82, 2.24) is 10.1 Å². The first kappa shape index (κ1) is 11.5. The maximum atomic E-state index is 7.00. The molecule has 1 aromatic rings. The summed E-state index contributed by atoms with van der Waals surface area (Å²) in [5.41, 5.74) is 8.09. The Bertz CT molecular complexity index is 310. The van der Waals surface area contributed by atoms with Crippen molar-refractivity contribution in [2.24, 2.45) is 5.22 Å². The Kier molecular flexibility index (Phi) is 4.05. The van der Waals surface area contributed by atoms with Crippen molar-refractivity contribution in [1.29, 1.82) is 5.53 Å².